The molecular weight excluding hydrogens is 671 g/mol. The van der Waals surface area contributed by atoms with Gasteiger partial charge in [0, 0.05) is 17.8 Å². The van der Waals surface area contributed by atoms with Crippen LogP contribution in [0.15, 0.2) is 36.9 Å². The molecule has 1 aromatic heterocycles. The number of para-hydroxylation sites is 1. The number of fused-ring (bicyclic) bond motifs is 1. The molecule has 13 heteroatoms. The van der Waals surface area contributed by atoms with E-state index >= 15 is 0 Å². The summed E-state index contributed by atoms with van der Waals surface area (Å²) in [7, 11) is -1.06. The van der Waals surface area contributed by atoms with Crippen molar-refractivity contribution < 1.29 is 28.9 Å². The van der Waals surface area contributed by atoms with Crippen molar-refractivity contribution in [2.75, 3.05) is 26.2 Å². The van der Waals surface area contributed by atoms with Gasteiger partial charge in [0.05, 0.1) is 30.8 Å². The monoisotopic (exact) mass is 732 g/mol. The van der Waals surface area contributed by atoms with Crippen LogP contribution in [0, 0.1) is 5.92 Å². The number of ether oxygens (including phenoxy) is 2. The normalized spacial score (nSPS) is 19.7. The SMILES string of the molecule is C=CCC(NC(=O)C1CC(Oc2nc3ccccc3c(OCCCNC3CCC3)c2CCCCCC2CC2)CN1C(=O)CN)C(=O)NB(O)C(C)CC. The highest BCUT2D eigenvalue weighted by Crippen LogP contribution is 2.38. The van der Waals surface area contributed by atoms with Crippen LogP contribution in [-0.4, -0.2) is 90.2 Å². The van der Waals surface area contributed by atoms with Gasteiger partial charge in [0.1, 0.15) is 23.9 Å². The summed E-state index contributed by atoms with van der Waals surface area (Å²) in [6.07, 6.45) is 14.6. The molecule has 12 nitrogen and oxygen atoms in total. The van der Waals surface area contributed by atoms with E-state index in [0.717, 1.165) is 60.4 Å². The average Bonchev–Trinajstić information content (AvgIpc) is 3.87. The molecule has 0 bridgehead atoms. The molecule has 2 heterocycles. The van der Waals surface area contributed by atoms with Gasteiger partial charge in [-0.15, -0.1) is 6.58 Å². The average molecular weight is 733 g/mol. The van der Waals surface area contributed by atoms with E-state index in [1.165, 1.54) is 55.9 Å². The molecule has 1 saturated heterocycles. The number of nitrogens with two attached hydrogens (primary N) is 1. The molecule has 0 spiro atoms. The van der Waals surface area contributed by atoms with Gasteiger partial charge in [-0.25, -0.2) is 4.98 Å². The van der Waals surface area contributed by atoms with Gasteiger partial charge in [-0.3, -0.25) is 14.4 Å². The van der Waals surface area contributed by atoms with Crippen LogP contribution in [0.4, 0.5) is 0 Å². The number of rotatable bonds is 23. The van der Waals surface area contributed by atoms with Gasteiger partial charge in [0.2, 0.25) is 23.6 Å². The predicted molar refractivity (Wildman–Crippen MR) is 209 cm³/mol. The van der Waals surface area contributed by atoms with Crippen LogP contribution in [-0.2, 0) is 20.8 Å². The molecule has 4 unspecified atom stereocenters. The van der Waals surface area contributed by atoms with Gasteiger partial charge >= 0.3 is 7.05 Å². The maximum Gasteiger partial charge on any atom is 0.415 e. The van der Waals surface area contributed by atoms with Gasteiger partial charge in [0.25, 0.3) is 0 Å². The lowest BCUT2D eigenvalue weighted by atomic mass is 9.67. The fraction of sp³-hybridized carbons (Fsp3) is 0.650. The molecule has 0 radical (unpaired) electrons. The van der Waals surface area contributed by atoms with E-state index in [4.69, 9.17) is 20.2 Å². The number of benzene rings is 1. The van der Waals surface area contributed by atoms with Crippen molar-refractivity contribution in [3.05, 3.63) is 42.5 Å². The van der Waals surface area contributed by atoms with Gasteiger partial charge in [-0.2, -0.15) is 0 Å². The van der Waals surface area contributed by atoms with E-state index in [1.807, 2.05) is 38.1 Å². The number of likely N-dealkylation sites (tertiary alicyclic amines) is 1. The second-order valence-electron chi connectivity index (χ2n) is 15.2. The maximum atomic E-state index is 13.8. The molecular formula is C40H61BN6O6. The van der Waals surface area contributed by atoms with Crippen molar-refractivity contribution in [2.24, 2.45) is 11.7 Å². The number of carbonyl (C=O) groups excluding carboxylic acids is 3. The summed E-state index contributed by atoms with van der Waals surface area (Å²) < 4.78 is 13.3. The van der Waals surface area contributed by atoms with E-state index < -0.39 is 43.0 Å². The summed E-state index contributed by atoms with van der Waals surface area (Å²) in [5, 5.41) is 20.4. The van der Waals surface area contributed by atoms with Crippen molar-refractivity contribution in [1.29, 1.82) is 0 Å². The highest BCUT2D eigenvalue weighted by molar-refractivity contribution is 6.52. The first-order valence-corrected chi connectivity index (χ1v) is 20.1. The molecule has 290 valence electrons. The molecule has 2 aromatic rings. The third-order valence-corrected chi connectivity index (χ3v) is 11.1. The summed E-state index contributed by atoms with van der Waals surface area (Å²) in [6, 6.07) is 6.66. The van der Waals surface area contributed by atoms with Crippen LogP contribution in [0.2, 0.25) is 5.82 Å². The van der Waals surface area contributed by atoms with Crippen molar-refractivity contribution >= 4 is 35.7 Å². The number of nitrogens with one attached hydrogen (secondary N) is 3. The Morgan fingerprint density at radius 3 is 2.64 bits per heavy atom. The van der Waals surface area contributed by atoms with Gasteiger partial charge in [-0.05, 0) is 68.9 Å². The van der Waals surface area contributed by atoms with Crippen LogP contribution in [0.5, 0.6) is 11.6 Å². The molecule has 3 aliphatic rings. The molecule has 6 N–H and O–H groups in total. The lowest BCUT2D eigenvalue weighted by molar-refractivity contribution is -0.138. The molecule has 4 atom stereocenters. The fourth-order valence-corrected chi connectivity index (χ4v) is 7.13. The molecule has 3 fully saturated rings. The van der Waals surface area contributed by atoms with E-state index in [2.05, 4.69) is 22.4 Å². The zero-order valence-electron chi connectivity index (χ0n) is 31.8. The molecule has 2 aliphatic carbocycles. The van der Waals surface area contributed by atoms with Crippen molar-refractivity contribution in [3.8, 4) is 11.6 Å². The predicted octanol–water partition coefficient (Wildman–Crippen LogP) is 4.42. The highest BCUT2D eigenvalue weighted by Gasteiger charge is 2.42. The second-order valence-corrected chi connectivity index (χ2v) is 15.2. The fourth-order valence-electron chi connectivity index (χ4n) is 7.13. The Kier molecular flexibility index (Phi) is 15.4. The lowest BCUT2D eigenvalue weighted by Gasteiger charge is -2.26. The topological polar surface area (TPSA) is 168 Å². The Balaban J connectivity index is 1.34. The number of carbonyl (C=O) groups is 3. The van der Waals surface area contributed by atoms with Crippen molar-refractivity contribution in [2.45, 2.75) is 134 Å². The molecule has 1 aromatic carbocycles. The summed E-state index contributed by atoms with van der Waals surface area (Å²) in [5.41, 5.74) is 7.47. The summed E-state index contributed by atoms with van der Waals surface area (Å²) >= 11 is 0. The first-order valence-electron chi connectivity index (χ1n) is 20.1. The number of amides is 3. The summed E-state index contributed by atoms with van der Waals surface area (Å²) in [6.45, 7) is 8.80. The quantitative estimate of drug-likeness (QED) is 0.0631. The lowest BCUT2D eigenvalue weighted by Crippen LogP contribution is -2.56. The smallest absolute Gasteiger partial charge is 0.415 e. The first-order chi connectivity index (χ1) is 25.7. The molecule has 1 aliphatic heterocycles. The number of hydrogen-bond acceptors (Lipinski definition) is 9. The van der Waals surface area contributed by atoms with E-state index in [9.17, 15) is 19.4 Å². The molecule has 2 saturated carbocycles. The molecule has 53 heavy (non-hydrogen) atoms. The van der Waals surface area contributed by atoms with Crippen LogP contribution in [0.25, 0.3) is 10.9 Å². The Hall–Kier alpha value is -3.68. The number of nitrogens with zero attached hydrogens (tertiary/aromatic N) is 2. The Bertz CT molecular complexity index is 1540. The number of unbranched alkanes of at least 4 members (excludes halogenated alkanes) is 2. The standard InChI is InChI=1S/C40H61BN6O6/c1-4-13-34(38(49)46-41(51)27(3)5-2)44-39(50)35-24-30(26-47(35)36(48)25-42)53-40-32(18-8-6-7-14-28-20-21-28)37(31-17-9-10-19-33(31)45-40)52-23-12-22-43-29-15-11-16-29/h4,9-10,17,19,27-30,34-35,43,51H,1,5-8,11-16,18,20-26,42H2,2-3H3,(H,44,50)(H,46,49). The first kappa shape index (κ1) is 40.5. The maximum absolute atomic E-state index is 13.8. The molecule has 5 rings (SSSR count). The van der Waals surface area contributed by atoms with Crippen LogP contribution in [0.1, 0.15) is 103 Å². The van der Waals surface area contributed by atoms with Crippen LogP contribution in [0.3, 0.4) is 0 Å². The van der Waals surface area contributed by atoms with Crippen LogP contribution >= 0.6 is 0 Å². The van der Waals surface area contributed by atoms with E-state index in [0.29, 0.717) is 24.9 Å². The largest absolute Gasteiger partial charge is 0.492 e. The third kappa shape index (κ3) is 11.4. The minimum absolute atomic E-state index is 0.136. The summed E-state index contributed by atoms with van der Waals surface area (Å²) in [4.78, 5) is 46.5. The summed E-state index contributed by atoms with van der Waals surface area (Å²) in [5.74, 6) is 0.560. The van der Waals surface area contributed by atoms with E-state index in [1.54, 1.807) is 0 Å². The zero-order chi connectivity index (χ0) is 37.7. The van der Waals surface area contributed by atoms with E-state index in [-0.39, 0.29) is 31.7 Å². The van der Waals surface area contributed by atoms with Crippen molar-refractivity contribution in [1.82, 2.24) is 25.7 Å². The van der Waals surface area contributed by atoms with Crippen LogP contribution < -0.4 is 31.1 Å². The Morgan fingerprint density at radius 1 is 1.15 bits per heavy atom. The third-order valence-electron chi connectivity index (χ3n) is 11.1. The minimum Gasteiger partial charge on any atom is -0.492 e. The number of hydrogen-bond donors (Lipinski definition) is 5. The minimum atomic E-state index is -1.06. The van der Waals surface area contributed by atoms with Gasteiger partial charge < -0.3 is 41.0 Å². The highest BCUT2D eigenvalue weighted by atomic mass is 16.5. The van der Waals surface area contributed by atoms with Crippen molar-refractivity contribution in [3.63, 3.8) is 0 Å². The Morgan fingerprint density at radius 2 is 1.94 bits per heavy atom. The number of aromatic nitrogens is 1. The number of pyridine rings is 1. The second kappa shape index (κ2) is 20.1. The zero-order valence-corrected chi connectivity index (χ0v) is 31.8. The Labute approximate surface area is 315 Å². The van der Waals surface area contributed by atoms with Gasteiger partial charge in [0.15, 0.2) is 0 Å². The van der Waals surface area contributed by atoms with Gasteiger partial charge in [-0.1, -0.05) is 77.0 Å². The molecule has 3 amide bonds.